The Morgan fingerprint density at radius 2 is 2.05 bits per heavy atom. The summed E-state index contributed by atoms with van der Waals surface area (Å²) >= 11 is 0. The van der Waals surface area contributed by atoms with E-state index >= 15 is 0 Å². The lowest BCUT2D eigenvalue weighted by atomic mass is 10.1. The van der Waals surface area contributed by atoms with Gasteiger partial charge in [-0.15, -0.1) is 0 Å². The molecule has 0 fully saturated rings. The van der Waals surface area contributed by atoms with Crippen LogP contribution in [0.2, 0.25) is 0 Å². The highest BCUT2D eigenvalue weighted by atomic mass is 16.1. The normalized spacial score (nSPS) is 15.9. The van der Waals surface area contributed by atoms with Crippen LogP contribution in [0, 0.1) is 0 Å². The number of rotatable bonds is 4. The van der Waals surface area contributed by atoms with Crippen molar-refractivity contribution in [3.8, 4) is 0 Å². The van der Waals surface area contributed by atoms with Crippen molar-refractivity contribution in [3.05, 3.63) is 85.6 Å². The molecule has 0 saturated heterocycles. The molecule has 1 amide bonds. The molecule has 0 aliphatic carbocycles. The SMILES string of the molecule is C=C/C=C\N1Cc2ccccc2C(=NC(=O)C=C)N=C1C=C. The van der Waals surface area contributed by atoms with Gasteiger partial charge < -0.3 is 4.90 Å². The number of amides is 1. The highest BCUT2D eigenvalue weighted by Crippen LogP contribution is 2.19. The standard InChI is InChI=1S/C18H17N3O/c1-4-7-12-21-13-14-10-8-9-11-15(14)18(19-16(21)5-2)20-17(22)6-3/h4-12H,1-3,13H2/b12-7-,20-18?. The van der Waals surface area contributed by atoms with Crippen LogP contribution in [-0.4, -0.2) is 22.5 Å². The van der Waals surface area contributed by atoms with Crippen LogP contribution < -0.4 is 0 Å². The number of benzene rings is 1. The lowest BCUT2D eigenvalue weighted by Gasteiger charge is -2.18. The third-order valence-corrected chi connectivity index (χ3v) is 3.09. The van der Waals surface area contributed by atoms with E-state index in [0.29, 0.717) is 18.2 Å². The van der Waals surface area contributed by atoms with Gasteiger partial charge >= 0.3 is 0 Å². The molecule has 0 unspecified atom stereocenters. The van der Waals surface area contributed by atoms with Gasteiger partial charge in [-0.05, 0) is 23.8 Å². The Morgan fingerprint density at radius 1 is 1.27 bits per heavy atom. The van der Waals surface area contributed by atoms with Crippen LogP contribution in [0.3, 0.4) is 0 Å². The summed E-state index contributed by atoms with van der Waals surface area (Å²) in [5.74, 6) is 0.557. The maximum absolute atomic E-state index is 11.6. The Morgan fingerprint density at radius 3 is 2.73 bits per heavy atom. The Bertz CT molecular complexity index is 711. The monoisotopic (exact) mass is 291 g/mol. The first-order valence-corrected chi connectivity index (χ1v) is 6.80. The van der Waals surface area contributed by atoms with Crippen molar-refractivity contribution >= 4 is 17.6 Å². The zero-order valence-electron chi connectivity index (χ0n) is 12.3. The number of aliphatic imine (C=N–C) groups is 2. The first-order chi connectivity index (χ1) is 10.7. The second-order valence-electron chi connectivity index (χ2n) is 4.51. The zero-order chi connectivity index (χ0) is 15.9. The second-order valence-corrected chi connectivity index (χ2v) is 4.51. The average molecular weight is 291 g/mol. The molecule has 0 N–H and O–H groups in total. The molecule has 0 atom stereocenters. The minimum atomic E-state index is -0.424. The molecule has 22 heavy (non-hydrogen) atoms. The number of hydrogen-bond acceptors (Lipinski definition) is 2. The van der Waals surface area contributed by atoms with Crippen LogP contribution in [0.1, 0.15) is 11.1 Å². The number of fused-ring (bicyclic) bond motifs is 1. The third-order valence-electron chi connectivity index (χ3n) is 3.09. The zero-order valence-corrected chi connectivity index (χ0v) is 12.3. The predicted octanol–water partition coefficient (Wildman–Crippen LogP) is 3.25. The summed E-state index contributed by atoms with van der Waals surface area (Å²) in [6.07, 6.45) is 8.17. The van der Waals surface area contributed by atoms with Crippen molar-refractivity contribution in [1.82, 2.24) is 4.90 Å². The van der Waals surface area contributed by atoms with Crippen molar-refractivity contribution in [3.63, 3.8) is 0 Å². The molecule has 1 aromatic rings. The molecule has 0 spiro atoms. The quantitative estimate of drug-likeness (QED) is 0.631. The van der Waals surface area contributed by atoms with Gasteiger partial charge in [0, 0.05) is 18.3 Å². The lowest BCUT2D eigenvalue weighted by Crippen LogP contribution is -2.22. The van der Waals surface area contributed by atoms with E-state index in [-0.39, 0.29) is 0 Å². The van der Waals surface area contributed by atoms with Crippen LogP contribution >= 0.6 is 0 Å². The first kappa shape index (κ1) is 15.4. The van der Waals surface area contributed by atoms with E-state index in [1.807, 2.05) is 41.4 Å². The Hall–Kier alpha value is -3.01. The van der Waals surface area contributed by atoms with Crippen LogP contribution in [0.4, 0.5) is 0 Å². The molecule has 0 aromatic heterocycles. The van der Waals surface area contributed by atoms with E-state index in [1.54, 1.807) is 12.2 Å². The number of allylic oxidation sites excluding steroid dienone is 2. The first-order valence-electron chi connectivity index (χ1n) is 6.80. The number of carbonyl (C=O) groups is 1. The van der Waals surface area contributed by atoms with Crippen molar-refractivity contribution in [1.29, 1.82) is 0 Å². The predicted molar refractivity (Wildman–Crippen MR) is 90.7 cm³/mol. The maximum atomic E-state index is 11.6. The fourth-order valence-electron chi connectivity index (χ4n) is 2.07. The third kappa shape index (κ3) is 3.35. The Balaban J connectivity index is 2.61. The molecule has 0 radical (unpaired) electrons. The van der Waals surface area contributed by atoms with Crippen molar-refractivity contribution < 1.29 is 4.79 Å². The van der Waals surface area contributed by atoms with E-state index in [0.717, 1.165) is 11.1 Å². The summed E-state index contributed by atoms with van der Waals surface area (Å²) in [4.78, 5) is 22.0. The van der Waals surface area contributed by atoms with Gasteiger partial charge in [-0.1, -0.05) is 50.1 Å². The van der Waals surface area contributed by atoms with Crippen LogP contribution in [0.5, 0.6) is 0 Å². The number of hydrogen-bond donors (Lipinski definition) is 0. The molecule has 0 saturated carbocycles. The van der Waals surface area contributed by atoms with Gasteiger partial charge in [-0.2, -0.15) is 4.99 Å². The van der Waals surface area contributed by atoms with Crippen LogP contribution in [0.15, 0.2) is 84.5 Å². The summed E-state index contributed by atoms with van der Waals surface area (Å²) in [6.45, 7) is 11.5. The van der Waals surface area contributed by atoms with Crippen LogP contribution in [0.25, 0.3) is 0 Å². The summed E-state index contributed by atoms with van der Waals surface area (Å²) in [5.41, 5.74) is 1.85. The van der Waals surface area contributed by atoms with E-state index in [2.05, 4.69) is 29.7 Å². The molecule has 4 heteroatoms. The number of nitrogens with zero attached hydrogens (tertiary/aromatic N) is 3. The lowest BCUT2D eigenvalue weighted by molar-refractivity contribution is -0.113. The van der Waals surface area contributed by atoms with E-state index in [9.17, 15) is 4.79 Å². The Labute approximate surface area is 130 Å². The minimum Gasteiger partial charge on any atom is -0.329 e. The molecular formula is C18H17N3O. The molecule has 1 aliphatic heterocycles. The van der Waals surface area contributed by atoms with Gasteiger partial charge in [0.05, 0.1) is 0 Å². The number of amidine groups is 2. The van der Waals surface area contributed by atoms with Crippen molar-refractivity contribution in [2.45, 2.75) is 6.54 Å². The molecule has 2 rings (SSSR count). The maximum Gasteiger partial charge on any atom is 0.271 e. The van der Waals surface area contributed by atoms with Crippen LogP contribution in [-0.2, 0) is 11.3 Å². The molecular weight excluding hydrogens is 274 g/mol. The summed E-state index contributed by atoms with van der Waals surface area (Å²) in [6, 6.07) is 7.72. The molecule has 4 nitrogen and oxygen atoms in total. The topological polar surface area (TPSA) is 45.0 Å². The fraction of sp³-hybridized carbons (Fsp3) is 0.0556. The van der Waals surface area contributed by atoms with Crippen molar-refractivity contribution in [2.75, 3.05) is 0 Å². The summed E-state index contributed by atoms with van der Waals surface area (Å²) in [7, 11) is 0. The van der Waals surface area contributed by atoms with Gasteiger partial charge in [0.25, 0.3) is 5.91 Å². The van der Waals surface area contributed by atoms with Gasteiger partial charge in [0.2, 0.25) is 0 Å². The average Bonchev–Trinajstić information content (AvgIpc) is 2.69. The molecule has 1 aromatic carbocycles. The second kappa shape index (κ2) is 7.13. The van der Waals surface area contributed by atoms with E-state index < -0.39 is 5.91 Å². The molecule has 1 heterocycles. The van der Waals surface area contributed by atoms with Gasteiger partial charge in [-0.25, -0.2) is 4.99 Å². The molecule has 1 aliphatic rings. The minimum absolute atomic E-state index is 0.366. The fourth-order valence-corrected chi connectivity index (χ4v) is 2.07. The van der Waals surface area contributed by atoms with E-state index in [4.69, 9.17) is 0 Å². The molecule has 110 valence electrons. The van der Waals surface area contributed by atoms with E-state index in [1.165, 1.54) is 6.08 Å². The highest BCUT2D eigenvalue weighted by molar-refractivity contribution is 6.15. The smallest absolute Gasteiger partial charge is 0.271 e. The van der Waals surface area contributed by atoms with Gasteiger partial charge in [-0.3, -0.25) is 4.79 Å². The van der Waals surface area contributed by atoms with Gasteiger partial charge in [0.1, 0.15) is 5.84 Å². The van der Waals surface area contributed by atoms with Crippen molar-refractivity contribution in [2.24, 2.45) is 9.98 Å². The van der Waals surface area contributed by atoms with Gasteiger partial charge in [0.15, 0.2) is 5.84 Å². The summed E-state index contributed by atoms with van der Waals surface area (Å²) < 4.78 is 0. The summed E-state index contributed by atoms with van der Waals surface area (Å²) in [5, 5.41) is 0. The number of carbonyl (C=O) groups excluding carboxylic acids is 1. The highest BCUT2D eigenvalue weighted by Gasteiger charge is 2.18. The molecule has 0 bridgehead atoms. The Kier molecular flexibility index (Phi) is 4.98. The largest absolute Gasteiger partial charge is 0.329 e.